The van der Waals surface area contributed by atoms with Gasteiger partial charge in [0.1, 0.15) is 5.60 Å². The normalized spacial score (nSPS) is 33.0. The zero-order valence-corrected chi connectivity index (χ0v) is 11.4. The SMILES string of the molecule is C[C@@H](O)CC1=CC=C2C(C)(C)CCC[C@]2(C)O1. The number of hydrogen-bond donors (Lipinski definition) is 1. The smallest absolute Gasteiger partial charge is 0.128 e. The monoisotopic (exact) mass is 236 g/mol. The first-order chi connectivity index (χ1) is 7.83. The predicted octanol–water partition coefficient (Wildman–Crippen LogP) is 3.57. The van der Waals surface area contributed by atoms with Gasteiger partial charge in [-0.1, -0.05) is 19.9 Å². The summed E-state index contributed by atoms with van der Waals surface area (Å²) in [5, 5.41) is 9.45. The van der Waals surface area contributed by atoms with E-state index in [0.29, 0.717) is 6.42 Å². The van der Waals surface area contributed by atoms with Gasteiger partial charge in [-0.3, -0.25) is 0 Å². The van der Waals surface area contributed by atoms with Gasteiger partial charge in [-0.15, -0.1) is 0 Å². The first-order valence-electron chi connectivity index (χ1n) is 6.62. The fourth-order valence-corrected chi connectivity index (χ4v) is 3.26. The average molecular weight is 236 g/mol. The summed E-state index contributed by atoms with van der Waals surface area (Å²) < 4.78 is 6.16. The molecule has 1 aliphatic carbocycles. The molecule has 2 nitrogen and oxygen atoms in total. The molecule has 2 rings (SSSR count). The molecule has 1 fully saturated rings. The molecule has 2 atom stereocenters. The summed E-state index contributed by atoms with van der Waals surface area (Å²) in [5.41, 5.74) is 1.49. The second-order valence-electron chi connectivity index (χ2n) is 6.34. The highest BCUT2D eigenvalue weighted by Gasteiger charge is 2.44. The van der Waals surface area contributed by atoms with Gasteiger partial charge in [-0.2, -0.15) is 0 Å². The summed E-state index contributed by atoms with van der Waals surface area (Å²) in [7, 11) is 0. The van der Waals surface area contributed by atoms with Gasteiger partial charge in [0, 0.05) is 6.42 Å². The van der Waals surface area contributed by atoms with E-state index >= 15 is 0 Å². The molecule has 1 aliphatic heterocycles. The van der Waals surface area contributed by atoms with E-state index < -0.39 is 0 Å². The van der Waals surface area contributed by atoms with Crippen LogP contribution in [-0.2, 0) is 4.74 Å². The van der Waals surface area contributed by atoms with Gasteiger partial charge >= 0.3 is 0 Å². The molecule has 2 aliphatic rings. The Hall–Kier alpha value is -0.760. The van der Waals surface area contributed by atoms with Gasteiger partial charge in [0.25, 0.3) is 0 Å². The molecule has 17 heavy (non-hydrogen) atoms. The van der Waals surface area contributed by atoms with E-state index in [1.165, 1.54) is 18.4 Å². The van der Waals surface area contributed by atoms with Crippen LogP contribution in [0.3, 0.4) is 0 Å². The second-order valence-corrected chi connectivity index (χ2v) is 6.34. The fourth-order valence-electron chi connectivity index (χ4n) is 3.26. The Kier molecular flexibility index (Phi) is 3.11. The molecule has 1 heterocycles. The Bertz CT molecular complexity index is 363. The molecule has 0 aromatic heterocycles. The highest BCUT2D eigenvalue weighted by atomic mass is 16.5. The third kappa shape index (κ3) is 2.42. The maximum absolute atomic E-state index is 9.45. The van der Waals surface area contributed by atoms with Gasteiger partial charge in [0.15, 0.2) is 0 Å². The molecule has 0 amide bonds. The first-order valence-corrected chi connectivity index (χ1v) is 6.62. The van der Waals surface area contributed by atoms with Gasteiger partial charge in [0.05, 0.1) is 11.9 Å². The highest BCUT2D eigenvalue weighted by molar-refractivity contribution is 5.34. The summed E-state index contributed by atoms with van der Waals surface area (Å²) in [5.74, 6) is 0.920. The van der Waals surface area contributed by atoms with Crippen LogP contribution < -0.4 is 0 Å². The van der Waals surface area contributed by atoms with Gasteiger partial charge in [-0.25, -0.2) is 0 Å². The maximum atomic E-state index is 9.45. The van der Waals surface area contributed by atoms with Crippen molar-refractivity contribution in [1.82, 2.24) is 0 Å². The third-order valence-electron chi connectivity index (χ3n) is 4.04. The molecule has 0 bridgehead atoms. The van der Waals surface area contributed by atoms with Crippen LogP contribution in [0.1, 0.15) is 53.4 Å². The van der Waals surface area contributed by atoms with E-state index in [-0.39, 0.29) is 17.1 Å². The van der Waals surface area contributed by atoms with Crippen molar-refractivity contribution < 1.29 is 9.84 Å². The van der Waals surface area contributed by atoms with Crippen LogP contribution in [-0.4, -0.2) is 16.8 Å². The Balaban J connectivity index is 2.28. The second kappa shape index (κ2) is 4.16. The molecule has 0 aromatic rings. The number of fused-ring (bicyclic) bond motifs is 1. The number of aliphatic hydroxyl groups is 1. The van der Waals surface area contributed by atoms with Crippen LogP contribution in [0.25, 0.3) is 0 Å². The number of hydrogen-bond acceptors (Lipinski definition) is 2. The van der Waals surface area contributed by atoms with E-state index in [0.717, 1.165) is 12.2 Å². The van der Waals surface area contributed by atoms with Gasteiger partial charge < -0.3 is 9.84 Å². The lowest BCUT2D eigenvalue weighted by Gasteiger charge is -2.47. The quantitative estimate of drug-likeness (QED) is 0.794. The minimum absolute atomic E-state index is 0.152. The number of ether oxygens (including phenoxy) is 1. The van der Waals surface area contributed by atoms with E-state index in [2.05, 4.69) is 26.8 Å². The van der Waals surface area contributed by atoms with Crippen LogP contribution >= 0.6 is 0 Å². The highest BCUT2D eigenvalue weighted by Crippen LogP contribution is 2.49. The molecule has 0 aromatic carbocycles. The lowest BCUT2D eigenvalue weighted by molar-refractivity contribution is -0.00931. The molecule has 96 valence electrons. The van der Waals surface area contributed by atoms with Crippen LogP contribution in [0, 0.1) is 5.41 Å². The maximum Gasteiger partial charge on any atom is 0.128 e. The average Bonchev–Trinajstić information content (AvgIpc) is 2.13. The molecule has 1 saturated carbocycles. The standard InChI is InChI=1S/C15H24O2/c1-11(16)10-12-6-7-13-14(2,3)8-5-9-15(13,4)17-12/h6-7,11,16H,5,8-10H2,1-4H3/t11-,15+/m1/s1. The fraction of sp³-hybridized carbons (Fsp3) is 0.733. The van der Waals surface area contributed by atoms with Crippen LogP contribution in [0.15, 0.2) is 23.5 Å². The number of allylic oxidation sites excluding steroid dienone is 2. The zero-order chi connectivity index (χ0) is 12.7. The molecule has 0 saturated heterocycles. The third-order valence-corrected chi connectivity index (χ3v) is 4.04. The summed E-state index contributed by atoms with van der Waals surface area (Å²) >= 11 is 0. The van der Waals surface area contributed by atoms with Crippen LogP contribution in [0.4, 0.5) is 0 Å². The summed E-state index contributed by atoms with van der Waals surface area (Å²) in [6.45, 7) is 8.59. The molecule has 1 N–H and O–H groups in total. The Morgan fingerprint density at radius 1 is 1.29 bits per heavy atom. The van der Waals surface area contributed by atoms with E-state index in [4.69, 9.17) is 4.74 Å². The van der Waals surface area contributed by atoms with Crippen LogP contribution in [0.5, 0.6) is 0 Å². The number of rotatable bonds is 2. The van der Waals surface area contributed by atoms with Gasteiger partial charge in [-0.05, 0) is 50.2 Å². The largest absolute Gasteiger partial charge is 0.487 e. The van der Waals surface area contributed by atoms with Crippen molar-refractivity contribution in [3.05, 3.63) is 23.5 Å². The molecular formula is C15H24O2. The van der Waals surface area contributed by atoms with Crippen molar-refractivity contribution in [2.45, 2.75) is 65.1 Å². The Labute approximate surface area is 104 Å². The van der Waals surface area contributed by atoms with Crippen LogP contribution in [0.2, 0.25) is 0 Å². The van der Waals surface area contributed by atoms with Crippen molar-refractivity contribution in [2.24, 2.45) is 5.41 Å². The molecule has 2 heteroatoms. The van der Waals surface area contributed by atoms with Crippen molar-refractivity contribution in [3.8, 4) is 0 Å². The summed E-state index contributed by atoms with van der Waals surface area (Å²) in [6, 6.07) is 0. The molecule has 0 spiro atoms. The predicted molar refractivity (Wildman–Crippen MR) is 69.6 cm³/mol. The van der Waals surface area contributed by atoms with Crippen molar-refractivity contribution in [2.75, 3.05) is 0 Å². The Morgan fingerprint density at radius 3 is 2.65 bits per heavy atom. The number of aliphatic hydroxyl groups excluding tert-OH is 1. The van der Waals surface area contributed by atoms with E-state index in [1.54, 1.807) is 6.92 Å². The molecule has 0 radical (unpaired) electrons. The zero-order valence-electron chi connectivity index (χ0n) is 11.4. The Morgan fingerprint density at radius 2 is 2.00 bits per heavy atom. The minimum Gasteiger partial charge on any atom is -0.487 e. The first kappa shape index (κ1) is 12.7. The molecular weight excluding hydrogens is 212 g/mol. The van der Waals surface area contributed by atoms with Crippen molar-refractivity contribution in [1.29, 1.82) is 0 Å². The van der Waals surface area contributed by atoms with E-state index in [1.807, 2.05) is 6.08 Å². The van der Waals surface area contributed by atoms with Gasteiger partial charge in [0.2, 0.25) is 0 Å². The summed E-state index contributed by atoms with van der Waals surface area (Å²) in [6.07, 6.45) is 8.06. The molecule has 0 unspecified atom stereocenters. The lowest BCUT2D eigenvalue weighted by atomic mass is 9.65. The van der Waals surface area contributed by atoms with E-state index in [9.17, 15) is 5.11 Å². The topological polar surface area (TPSA) is 29.5 Å². The summed E-state index contributed by atoms with van der Waals surface area (Å²) in [4.78, 5) is 0. The minimum atomic E-state index is -0.337. The lowest BCUT2D eigenvalue weighted by Crippen LogP contribution is -2.43. The van der Waals surface area contributed by atoms with Crippen molar-refractivity contribution in [3.63, 3.8) is 0 Å². The van der Waals surface area contributed by atoms with Crippen molar-refractivity contribution >= 4 is 0 Å².